The minimum absolute atomic E-state index is 0.0499. The molecule has 8 nitrogen and oxygen atoms in total. The maximum Gasteiger partial charge on any atom is 0.417 e. The summed E-state index contributed by atoms with van der Waals surface area (Å²) in [6.07, 6.45) is 1.33. The van der Waals surface area contributed by atoms with Gasteiger partial charge < -0.3 is 15.0 Å². The van der Waals surface area contributed by atoms with Gasteiger partial charge in [0.1, 0.15) is 22.8 Å². The Bertz CT molecular complexity index is 1140. The van der Waals surface area contributed by atoms with Crippen LogP contribution in [0.2, 0.25) is 0 Å². The molecule has 170 valence electrons. The Labute approximate surface area is 182 Å². The smallest absolute Gasteiger partial charge is 0.417 e. The molecule has 0 bridgehead atoms. The van der Waals surface area contributed by atoms with Crippen LogP contribution in [0.3, 0.4) is 0 Å². The first kappa shape index (κ1) is 21.8. The molecule has 1 saturated heterocycles. The fourth-order valence-corrected chi connectivity index (χ4v) is 3.48. The van der Waals surface area contributed by atoms with Crippen molar-refractivity contribution in [2.75, 3.05) is 18.4 Å². The SMILES string of the molecule is CC(C)(C)OC(=O)N1CCC(Nc2cncc(-c3cnc4ccc(C(F)(F)F)cn34)n2)C1. The Kier molecular flexibility index (Phi) is 5.43. The molecule has 3 aromatic rings. The van der Waals surface area contributed by atoms with Gasteiger partial charge in [-0.15, -0.1) is 0 Å². The lowest BCUT2D eigenvalue weighted by Gasteiger charge is -2.24. The molecule has 11 heteroatoms. The van der Waals surface area contributed by atoms with E-state index in [2.05, 4.69) is 20.3 Å². The number of fused-ring (bicyclic) bond motifs is 1. The maximum absolute atomic E-state index is 13.1. The number of aromatic nitrogens is 4. The number of rotatable bonds is 3. The zero-order chi connectivity index (χ0) is 23.1. The molecule has 1 N–H and O–H groups in total. The van der Waals surface area contributed by atoms with Crippen LogP contribution in [-0.4, -0.2) is 55.1 Å². The molecule has 0 spiro atoms. The van der Waals surface area contributed by atoms with E-state index in [1.54, 1.807) is 4.90 Å². The largest absolute Gasteiger partial charge is 0.444 e. The standard InChI is InChI=1S/C21H23F3N6O2/c1-20(2,3)32-19(31)29-7-6-14(12-29)27-17-10-25-8-15(28-17)16-9-26-18-5-4-13(11-30(16)18)21(22,23)24/h4-5,8-11,14H,6-7,12H2,1-3H3,(H,27,28). The van der Waals surface area contributed by atoms with Crippen molar-refractivity contribution in [1.82, 2.24) is 24.3 Å². The summed E-state index contributed by atoms with van der Waals surface area (Å²) < 4.78 is 46.1. The van der Waals surface area contributed by atoms with Crippen molar-refractivity contribution in [1.29, 1.82) is 0 Å². The van der Waals surface area contributed by atoms with E-state index in [-0.39, 0.29) is 12.1 Å². The van der Waals surface area contributed by atoms with E-state index < -0.39 is 17.3 Å². The number of alkyl halides is 3. The Hall–Kier alpha value is -3.37. The van der Waals surface area contributed by atoms with Crippen LogP contribution in [0, 0.1) is 0 Å². The lowest BCUT2D eigenvalue weighted by Crippen LogP contribution is -2.36. The van der Waals surface area contributed by atoms with Gasteiger partial charge in [-0.05, 0) is 39.3 Å². The third-order valence-corrected chi connectivity index (χ3v) is 4.92. The summed E-state index contributed by atoms with van der Waals surface area (Å²) in [5, 5.41) is 3.24. The summed E-state index contributed by atoms with van der Waals surface area (Å²) in [6.45, 7) is 6.44. The minimum atomic E-state index is -4.46. The lowest BCUT2D eigenvalue weighted by molar-refractivity contribution is -0.137. The normalized spacial score (nSPS) is 17.1. The molecule has 3 aromatic heterocycles. The number of nitrogens with zero attached hydrogens (tertiary/aromatic N) is 5. The number of hydrogen-bond donors (Lipinski definition) is 1. The molecule has 4 heterocycles. The zero-order valence-electron chi connectivity index (χ0n) is 17.8. The molecule has 1 amide bonds. The third kappa shape index (κ3) is 4.76. The van der Waals surface area contributed by atoms with Crippen LogP contribution in [0.5, 0.6) is 0 Å². The monoisotopic (exact) mass is 448 g/mol. The van der Waals surface area contributed by atoms with E-state index in [1.165, 1.54) is 29.1 Å². The summed E-state index contributed by atoms with van der Waals surface area (Å²) >= 11 is 0. The van der Waals surface area contributed by atoms with Crippen molar-refractivity contribution in [2.24, 2.45) is 0 Å². The van der Waals surface area contributed by atoms with Gasteiger partial charge >= 0.3 is 12.3 Å². The second kappa shape index (κ2) is 7.95. The van der Waals surface area contributed by atoms with Gasteiger partial charge in [-0.2, -0.15) is 13.2 Å². The highest BCUT2D eigenvalue weighted by Gasteiger charge is 2.32. The maximum atomic E-state index is 13.1. The Morgan fingerprint density at radius 2 is 1.97 bits per heavy atom. The van der Waals surface area contributed by atoms with E-state index in [0.29, 0.717) is 42.4 Å². The summed E-state index contributed by atoms with van der Waals surface area (Å²) in [4.78, 5) is 26.7. The molecular weight excluding hydrogens is 425 g/mol. The quantitative estimate of drug-likeness (QED) is 0.646. The van der Waals surface area contributed by atoms with E-state index in [1.807, 2.05) is 20.8 Å². The molecule has 32 heavy (non-hydrogen) atoms. The van der Waals surface area contributed by atoms with E-state index >= 15 is 0 Å². The number of hydrogen-bond acceptors (Lipinski definition) is 6. The first-order valence-corrected chi connectivity index (χ1v) is 10.1. The van der Waals surface area contributed by atoms with Crippen LogP contribution in [0.1, 0.15) is 32.8 Å². The molecule has 0 radical (unpaired) electrons. The van der Waals surface area contributed by atoms with Crippen molar-refractivity contribution >= 4 is 17.6 Å². The van der Waals surface area contributed by atoms with Crippen molar-refractivity contribution in [3.8, 4) is 11.4 Å². The molecule has 0 aliphatic carbocycles. The highest BCUT2D eigenvalue weighted by molar-refractivity contribution is 5.68. The molecular formula is C21H23F3N6O2. The van der Waals surface area contributed by atoms with Crippen LogP contribution >= 0.6 is 0 Å². The second-order valence-electron chi connectivity index (χ2n) is 8.63. The Morgan fingerprint density at radius 3 is 2.69 bits per heavy atom. The summed E-state index contributed by atoms with van der Waals surface area (Å²) in [5.74, 6) is 0.459. The molecule has 0 aromatic carbocycles. The Balaban J connectivity index is 1.51. The van der Waals surface area contributed by atoms with Gasteiger partial charge in [-0.3, -0.25) is 9.38 Å². The number of halogens is 3. The lowest BCUT2D eigenvalue weighted by atomic mass is 10.2. The van der Waals surface area contributed by atoms with Gasteiger partial charge in [-0.1, -0.05) is 0 Å². The van der Waals surface area contributed by atoms with Gasteiger partial charge in [0.15, 0.2) is 0 Å². The number of amides is 1. The third-order valence-electron chi connectivity index (χ3n) is 4.92. The average molecular weight is 448 g/mol. The number of likely N-dealkylation sites (tertiary alicyclic amines) is 1. The molecule has 1 aliphatic heterocycles. The van der Waals surface area contributed by atoms with Crippen LogP contribution < -0.4 is 5.32 Å². The van der Waals surface area contributed by atoms with Crippen molar-refractivity contribution < 1.29 is 22.7 Å². The van der Waals surface area contributed by atoms with Crippen molar-refractivity contribution in [2.45, 2.75) is 45.0 Å². The fourth-order valence-electron chi connectivity index (χ4n) is 3.48. The Morgan fingerprint density at radius 1 is 1.19 bits per heavy atom. The van der Waals surface area contributed by atoms with E-state index in [9.17, 15) is 18.0 Å². The number of nitrogens with one attached hydrogen (secondary N) is 1. The zero-order valence-corrected chi connectivity index (χ0v) is 17.8. The highest BCUT2D eigenvalue weighted by Crippen LogP contribution is 2.30. The van der Waals surface area contributed by atoms with Crippen LogP contribution in [0.25, 0.3) is 17.0 Å². The van der Waals surface area contributed by atoms with Crippen molar-refractivity contribution in [3.63, 3.8) is 0 Å². The van der Waals surface area contributed by atoms with Crippen LogP contribution in [0.15, 0.2) is 36.9 Å². The summed E-state index contributed by atoms with van der Waals surface area (Å²) in [5.41, 5.74) is -0.202. The predicted octanol–water partition coefficient (Wildman–Crippen LogP) is 4.23. The van der Waals surface area contributed by atoms with Gasteiger partial charge in [0.25, 0.3) is 0 Å². The summed E-state index contributed by atoms with van der Waals surface area (Å²) in [6, 6.07) is 2.25. The average Bonchev–Trinajstić information content (AvgIpc) is 3.32. The highest BCUT2D eigenvalue weighted by atomic mass is 19.4. The topological polar surface area (TPSA) is 84.6 Å². The molecule has 1 atom stereocenters. The first-order chi connectivity index (χ1) is 15.0. The van der Waals surface area contributed by atoms with Crippen LogP contribution in [-0.2, 0) is 10.9 Å². The van der Waals surface area contributed by atoms with Crippen LogP contribution in [0.4, 0.5) is 23.8 Å². The fraction of sp³-hybridized carbons (Fsp3) is 0.429. The number of carbonyl (C=O) groups is 1. The van der Waals surface area contributed by atoms with E-state index in [0.717, 1.165) is 12.3 Å². The first-order valence-electron chi connectivity index (χ1n) is 10.1. The number of pyridine rings is 1. The summed E-state index contributed by atoms with van der Waals surface area (Å²) in [7, 11) is 0. The number of carbonyl (C=O) groups excluding carboxylic acids is 1. The predicted molar refractivity (Wildman–Crippen MR) is 111 cm³/mol. The van der Waals surface area contributed by atoms with Gasteiger partial charge in [0, 0.05) is 25.3 Å². The number of anilines is 1. The molecule has 4 rings (SSSR count). The van der Waals surface area contributed by atoms with Gasteiger partial charge in [0.2, 0.25) is 0 Å². The number of ether oxygens (including phenoxy) is 1. The molecule has 0 saturated carbocycles. The minimum Gasteiger partial charge on any atom is -0.444 e. The molecule has 1 aliphatic rings. The van der Waals surface area contributed by atoms with E-state index in [4.69, 9.17) is 4.74 Å². The number of imidazole rings is 1. The molecule has 1 unspecified atom stereocenters. The van der Waals surface area contributed by atoms with Gasteiger partial charge in [-0.25, -0.2) is 14.8 Å². The molecule has 1 fully saturated rings. The second-order valence-corrected chi connectivity index (χ2v) is 8.63. The van der Waals surface area contributed by atoms with Crippen molar-refractivity contribution in [3.05, 3.63) is 42.5 Å². The van der Waals surface area contributed by atoms with Gasteiger partial charge in [0.05, 0.1) is 29.8 Å².